The van der Waals surface area contributed by atoms with E-state index in [4.69, 9.17) is 11.6 Å². The maximum Gasteiger partial charge on any atom is 0.239 e. The lowest BCUT2D eigenvalue weighted by atomic mass is 9.84. The molecule has 3 rings (SSSR count). The topological polar surface area (TPSA) is 63.2 Å². The Hall–Kier alpha value is -2.46. The first-order valence-corrected chi connectivity index (χ1v) is 7.62. The van der Waals surface area contributed by atoms with Crippen LogP contribution in [0.25, 0.3) is 0 Å². The summed E-state index contributed by atoms with van der Waals surface area (Å²) < 4.78 is 0. The van der Waals surface area contributed by atoms with Gasteiger partial charge in [-0.05, 0) is 17.7 Å². The highest BCUT2D eigenvalue weighted by molar-refractivity contribution is 6.36. The lowest BCUT2D eigenvalue weighted by Crippen LogP contribution is -2.48. The number of carbonyl (C=O) groups is 3. The minimum atomic E-state index is -1.32. The molecule has 0 radical (unpaired) electrons. The average Bonchev–Trinajstić information content (AvgIpc) is 2.55. The van der Waals surface area contributed by atoms with Crippen LogP contribution in [0.1, 0.15) is 28.4 Å². The second-order valence-electron chi connectivity index (χ2n) is 5.42. The van der Waals surface area contributed by atoms with Gasteiger partial charge in [0, 0.05) is 12.0 Å². The van der Waals surface area contributed by atoms with Crippen molar-refractivity contribution in [3.05, 3.63) is 70.7 Å². The summed E-state index contributed by atoms with van der Waals surface area (Å²) >= 11 is 5.99. The maximum atomic E-state index is 12.5. The lowest BCUT2D eigenvalue weighted by Gasteiger charge is -2.28. The van der Waals surface area contributed by atoms with E-state index in [1.165, 1.54) is 6.07 Å². The molecule has 2 aromatic rings. The molecule has 4 nitrogen and oxygen atoms in total. The Morgan fingerprint density at radius 1 is 1.00 bits per heavy atom. The van der Waals surface area contributed by atoms with E-state index in [0.717, 1.165) is 5.56 Å². The van der Waals surface area contributed by atoms with Gasteiger partial charge in [-0.15, -0.1) is 0 Å². The zero-order valence-corrected chi connectivity index (χ0v) is 12.9. The van der Waals surface area contributed by atoms with Gasteiger partial charge in [0.1, 0.15) is 0 Å². The first kappa shape index (κ1) is 15.4. The standard InChI is InChI=1S/C18H14ClNO3/c19-13-9-5-4-8-12(13)17(22)16-15(21)10-14(20-18(16)23)11-6-2-1-3-7-11/h1-9,14,16H,10H2,(H,20,23). The van der Waals surface area contributed by atoms with E-state index in [1.807, 2.05) is 30.3 Å². The van der Waals surface area contributed by atoms with Crippen molar-refractivity contribution in [2.75, 3.05) is 0 Å². The number of piperidine rings is 1. The highest BCUT2D eigenvalue weighted by Crippen LogP contribution is 2.27. The highest BCUT2D eigenvalue weighted by Gasteiger charge is 2.41. The van der Waals surface area contributed by atoms with E-state index in [9.17, 15) is 14.4 Å². The summed E-state index contributed by atoms with van der Waals surface area (Å²) in [6.07, 6.45) is 0.0939. The van der Waals surface area contributed by atoms with Crippen LogP contribution < -0.4 is 5.32 Å². The number of ketones is 2. The number of amides is 1. The molecule has 2 aromatic carbocycles. The second kappa shape index (κ2) is 6.34. The molecule has 23 heavy (non-hydrogen) atoms. The number of halogens is 1. The minimum absolute atomic E-state index is 0.0939. The fourth-order valence-electron chi connectivity index (χ4n) is 2.74. The fraction of sp³-hybridized carbons (Fsp3) is 0.167. The van der Waals surface area contributed by atoms with Crippen LogP contribution in [0.4, 0.5) is 0 Å². The van der Waals surface area contributed by atoms with Gasteiger partial charge in [-0.2, -0.15) is 0 Å². The molecule has 116 valence electrons. The molecule has 1 aliphatic heterocycles. The first-order valence-electron chi connectivity index (χ1n) is 7.24. The van der Waals surface area contributed by atoms with Crippen LogP contribution in [0, 0.1) is 5.92 Å². The Kier molecular flexibility index (Phi) is 4.26. The predicted molar refractivity (Wildman–Crippen MR) is 86.2 cm³/mol. The molecule has 1 aliphatic rings. The van der Waals surface area contributed by atoms with Crippen molar-refractivity contribution >= 4 is 29.1 Å². The summed E-state index contributed by atoms with van der Waals surface area (Å²) in [7, 11) is 0. The minimum Gasteiger partial charge on any atom is -0.348 e. The monoisotopic (exact) mass is 327 g/mol. The van der Waals surface area contributed by atoms with Gasteiger partial charge in [0.25, 0.3) is 0 Å². The van der Waals surface area contributed by atoms with Crippen LogP contribution >= 0.6 is 11.6 Å². The quantitative estimate of drug-likeness (QED) is 0.696. The molecule has 0 aromatic heterocycles. The third kappa shape index (κ3) is 3.03. The molecule has 0 aliphatic carbocycles. The Balaban J connectivity index is 1.84. The van der Waals surface area contributed by atoms with Crippen molar-refractivity contribution in [2.24, 2.45) is 5.92 Å². The maximum absolute atomic E-state index is 12.5. The fourth-order valence-corrected chi connectivity index (χ4v) is 2.97. The van der Waals surface area contributed by atoms with Gasteiger partial charge < -0.3 is 5.32 Å². The highest BCUT2D eigenvalue weighted by atomic mass is 35.5. The van der Waals surface area contributed by atoms with Gasteiger partial charge in [-0.3, -0.25) is 14.4 Å². The van der Waals surface area contributed by atoms with E-state index < -0.39 is 23.7 Å². The summed E-state index contributed by atoms with van der Waals surface area (Å²) in [5.74, 6) is -2.83. The van der Waals surface area contributed by atoms with Crippen molar-refractivity contribution in [1.29, 1.82) is 0 Å². The zero-order chi connectivity index (χ0) is 16.4. The van der Waals surface area contributed by atoms with Crippen molar-refractivity contribution in [1.82, 2.24) is 5.32 Å². The molecular formula is C18H14ClNO3. The number of rotatable bonds is 3. The van der Waals surface area contributed by atoms with E-state index in [0.29, 0.717) is 0 Å². The largest absolute Gasteiger partial charge is 0.348 e. The molecule has 5 heteroatoms. The summed E-state index contributed by atoms with van der Waals surface area (Å²) in [4.78, 5) is 37.2. The number of Topliss-reactive ketones (excluding diaryl/α,β-unsaturated/α-hetero) is 2. The average molecular weight is 328 g/mol. The third-order valence-corrected chi connectivity index (χ3v) is 4.24. The van der Waals surface area contributed by atoms with Gasteiger partial charge in [0.05, 0.1) is 11.1 Å². The lowest BCUT2D eigenvalue weighted by molar-refractivity contribution is -0.136. The Morgan fingerprint density at radius 3 is 2.30 bits per heavy atom. The van der Waals surface area contributed by atoms with Crippen LogP contribution in [0.2, 0.25) is 5.02 Å². The van der Waals surface area contributed by atoms with Crippen molar-refractivity contribution in [3.8, 4) is 0 Å². The van der Waals surface area contributed by atoms with E-state index in [2.05, 4.69) is 5.32 Å². The molecule has 1 fully saturated rings. The third-order valence-electron chi connectivity index (χ3n) is 3.91. The molecular weight excluding hydrogens is 314 g/mol. The Labute approximate surface area is 138 Å². The Morgan fingerprint density at radius 2 is 1.65 bits per heavy atom. The second-order valence-corrected chi connectivity index (χ2v) is 5.83. The van der Waals surface area contributed by atoms with Crippen molar-refractivity contribution in [2.45, 2.75) is 12.5 Å². The number of nitrogens with one attached hydrogen (secondary N) is 1. The van der Waals surface area contributed by atoms with Crippen LogP contribution in [0.5, 0.6) is 0 Å². The summed E-state index contributed by atoms with van der Waals surface area (Å²) in [6, 6.07) is 15.3. The zero-order valence-electron chi connectivity index (χ0n) is 12.2. The first-order chi connectivity index (χ1) is 11.1. The molecule has 1 heterocycles. The van der Waals surface area contributed by atoms with E-state index in [-0.39, 0.29) is 22.8 Å². The number of benzene rings is 2. The molecule has 2 atom stereocenters. The van der Waals surface area contributed by atoms with E-state index >= 15 is 0 Å². The van der Waals surface area contributed by atoms with Gasteiger partial charge in [0.15, 0.2) is 17.5 Å². The number of hydrogen-bond acceptors (Lipinski definition) is 3. The van der Waals surface area contributed by atoms with Gasteiger partial charge >= 0.3 is 0 Å². The predicted octanol–water partition coefficient (Wildman–Crippen LogP) is 2.97. The molecule has 0 spiro atoms. The normalized spacial score (nSPS) is 20.9. The van der Waals surface area contributed by atoms with Crippen LogP contribution in [0.15, 0.2) is 54.6 Å². The smallest absolute Gasteiger partial charge is 0.239 e. The van der Waals surface area contributed by atoms with Gasteiger partial charge in [-0.1, -0.05) is 54.1 Å². The molecule has 2 unspecified atom stereocenters. The Bertz CT molecular complexity index is 755. The van der Waals surface area contributed by atoms with Gasteiger partial charge in [-0.25, -0.2) is 0 Å². The molecule has 1 amide bonds. The number of hydrogen-bond donors (Lipinski definition) is 1. The molecule has 0 bridgehead atoms. The van der Waals surface area contributed by atoms with Crippen molar-refractivity contribution < 1.29 is 14.4 Å². The van der Waals surface area contributed by atoms with Crippen LogP contribution in [-0.2, 0) is 9.59 Å². The van der Waals surface area contributed by atoms with Gasteiger partial charge in [0.2, 0.25) is 5.91 Å². The SMILES string of the molecule is O=C1CC(c2ccccc2)NC(=O)C1C(=O)c1ccccc1Cl. The number of carbonyl (C=O) groups excluding carboxylic acids is 3. The molecule has 0 saturated carbocycles. The summed E-state index contributed by atoms with van der Waals surface area (Å²) in [5, 5.41) is 3.00. The van der Waals surface area contributed by atoms with E-state index in [1.54, 1.807) is 18.2 Å². The molecule has 1 N–H and O–H groups in total. The summed E-state index contributed by atoms with van der Waals surface area (Å²) in [5.41, 5.74) is 1.04. The van der Waals surface area contributed by atoms with Crippen molar-refractivity contribution in [3.63, 3.8) is 0 Å². The van der Waals surface area contributed by atoms with Crippen LogP contribution in [-0.4, -0.2) is 17.5 Å². The molecule has 1 saturated heterocycles. The van der Waals surface area contributed by atoms with Crippen LogP contribution in [0.3, 0.4) is 0 Å². The summed E-state index contributed by atoms with van der Waals surface area (Å²) in [6.45, 7) is 0.